The highest BCUT2D eigenvalue weighted by Crippen LogP contribution is 2.58. The fourth-order valence-electron chi connectivity index (χ4n) is 15.1. The quantitative estimate of drug-likeness (QED) is 0.0204. The van der Waals surface area contributed by atoms with Crippen molar-refractivity contribution in [1.29, 1.82) is 0 Å². The number of nitrogens with two attached hydrogens (primary N) is 6. The van der Waals surface area contributed by atoms with Gasteiger partial charge in [-0.05, 0) is 6.07 Å². The van der Waals surface area contributed by atoms with Crippen LogP contribution in [-0.4, -0.2) is 275 Å². The normalized spacial score (nSPS) is 29.3. The van der Waals surface area contributed by atoms with Gasteiger partial charge in [-0.15, -0.1) is 0 Å². The molecule has 0 radical (unpaired) electrons. The van der Waals surface area contributed by atoms with E-state index in [2.05, 4.69) is 79.7 Å². The highest BCUT2D eigenvalue weighted by atomic mass is 31.2. The maximum absolute atomic E-state index is 14.6. The zero-order valence-electron chi connectivity index (χ0n) is 65.7. The van der Waals surface area contributed by atoms with Gasteiger partial charge in [-0.3, -0.25) is 81.7 Å². The van der Waals surface area contributed by atoms with Crippen LogP contribution >= 0.6 is 54.8 Å². The molecular formula is C59H75N28O36P7. The van der Waals surface area contributed by atoms with Crippen molar-refractivity contribution < 1.29 is 164 Å². The Balaban J connectivity index is 0.589. The molecule has 0 amide bonds. The molecule has 0 spiro atoms. The smallest absolute Gasteiger partial charge is 0.386 e. The first-order valence-corrected chi connectivity index (χ1v) is 48.4. The topological polar surface area (TPSA) is 897 Å². The van der Waals surface area contributed by atoms with Crippen LogP contribution in [-0.2, 0) is 115 Å². The molecule has 0 saturated carbocycles. The number of anilines is 6. The van der Waals surface area contributed by atoms with Gasteiger partial charge in [-0.25, -0.2) is 112 Å². The molecular weight excluding hydrogens is 1890 g/mol. The Kier molecular flexibility index (Phi) is 26.0. The molecule has 11 aromatic rings. The molecule has 6 saturated heterocycles. The highest BCUT2D eigenvalue weighted by Gasteiger charge is 2.54. The second-order valence-corrected chi connectivity index (χ2v) is 38.7. The van der Waals surface area contributed by atoms with Crippen LogP contribution in [0.4, 0.5) is 34.9 Å². The number of aromatic nitrogens is 22. The molecule has 17 heterocycles. The molecule has 11 aromatic heterocycles. The van der Waals surface area contributed by atoms with Gasteiger partial charge < -0.3 is 112 Å². The number of nitrogen functional groups attached to an aromatic ring is 6. The summed E-state index contributed by atoms with van der Waals surface area (Å²) < 4.78 is 205. The summed E-state index contributed by atoms with van der Waals surface area (Å²) in [4.78, 5) is 175. The molecule has 6 fully saturated rings. The summed E-state index contributed by atoms with van der Waals surface area (Å²) in [6.07, 6.45) is -20.8. The van der Waals surface area contributed by atoms with Crippen molar-refractivity contribution in [3.05, 3.63) is 86.0 Å². The molecule has 6 aliphatic heterocycles. The molecule has 22 N–H and O–H groups in total. The first kappa shape index (κ1) is 92.8. The first-order chi connectivity index (χ1) is 61.5. The maximum atomic E-state index is 14.6. The third kappa shape index (κ3) is 20.4. The number of aliphatic hydroxyl groups excluding tert-OH is 1. The summed E-state index contributed by atoms with van der Waals surface area (Å²) in [6, 6.07) is 1.10. The molecule has 6 aliphatic rings. The number of ether oxygens (including phenoxy) is 6. The monoisotopic (exact) mass is 1970 g/mol. The predicted octanol–water partition coefficient (Wildman–Crippen LogP) is -1.27. The first-order valence-electron chi connectivity index (χ1n) is 37.9. The van der Waals surface area contributed by atoms with Crippen LogP contribution in [0.25, 0.3) is 55.8 Å². The van der Waals surface area contributed by atoms with Crippen LogP contribution in [0, 0.1) is 0 Å². The molecule has 130 heavy (non-hydrogen) atoms. The number of phosphoric ester groups is 7. The Morgan fingerprint density at radius 1 is 0.331 bits per heavy atom. The van der Waals surface area contributed by atoms with Gasteiger partial charge in [0.05, 0.1) is 71.3 Å². The fraction of sp³-hybridized carbons (Fsp3) is 0.508. The molecule has 0 aliphatic carbocycles. The van der Waals surface area contributed by atoms with Crippen LogP contribution in [0.2, 0.25) is 0 Å². The number of fused-ring (bicyclic) bond motifs is 5. The van der Waals surface area contributed by atoms with E-state index in [0.717, 1.165) is 43.9 Å². The van der Waals surface area contributed by atoms with Crippen molar-refractivity contribution in [2.75, 3.05) is 74.0 Å². The van der Waals surface area contributed by atoms with Crippen molar-refractivity contribution in [2.24, 2.45) is 0 Å². The van der Waals surface area contributed by atoms with E-state index in [0.29, 0.717) is 4.57 Å². The van der Waals surface area contributed by atoms with Crippen LogP contribution in [0.15, 0.2) is 80.3 Å². The number of phosphoric acid groups is 7. The SMILES string of the molecule is Nc1ccn([C@@H]2O[C@H](COP(=O)(O)O[C@H]3C[C@H](n4cnc5c(N)ncnc54)O[C@@H]3COP(=O)(O)O[C@H]3C[C@H](n4cnc5c(N)ncnc54)O[C@@H]3COP(=O)(O)O[C@H]3C[C@H](n4cnc5c(N)ncnc54)O[C@@H]3COP(=O)(O)O[C@H]3C[C@H](n4cnc5c(N)ncnc54)O[C@@H]3COP(=O)(O)O)[C@@H](OP(=O)(O)OC[C@H]3O[C@@H](n4cnc5c(N)ncnc54)C[C@@H]3OP(=O)(O)O)[C@H]2O)c(=O)n1. The largest absolute Gasteiger partial charge is 0.472 e. The molecule has 71 heteroatoms. The lowest BCUT2D eigenvalue weighted by Crippen LogP contribution is -2.38. The van der Waals surface area contributed by atoms with Gasteiger partial charge in [0.1, 0.15) is 176 Å². The van der Waals surface area contributed by atoms with E-state index in [1.807, 2.05) is 0 Å². The Morgan fingerprint density at radius 2 is 0.592 bits per heavy atom. The van der Waals surface area contributed by atoms with E-state index in [1.165, 1.54) is 54.5 Å². The Labute approximate surface area is 722 Å². The summed E-state index contributed by atoms with van der Waals surface area (Å²) >= 11 is 0. The van der Waals surface area contributed by atoms with Gasteiger partial charge in [0.2, 0.25) is 0 Å². The average Bonchev–Trinajstić information content (AvgIpc) is 1.64. The summed E-state index contributed by atoms with van der Waals surface area (Å²) in [6.45, 7) is -6.42. The third-order valence-corrected chi connectivity index (χ3v) is 26.9. The second kappa shape index (κ2) is 36.4. The lowest BCUT2D eigenvalue weighted by molar-refractivity contribution is -0.0649. The van der Waals surface area contributed by atoms with Crippen molar-refractivity contribution >= 4 is 145 Å². The van der Waals surface area contributed by atoms with Crippen molar-refractivity contribution in [3.63, 3.8) is 0 Å². The van der Waals surface area contributed by atoms with Crippen molar-refractivity contribution in [1.82, 2.24) is 107 Å². The Bertz CT molecular complexity index is 6490. The molecule has 64 nitrogen and oxygen atoms in total. The molecule has 17 rings (SSSR count). The van der Waals surface area contributed by atoms with Crippen LogP contribution in [0.3, 0.4) is 0 Å². The molecule has 0 aromatic carbocycles. The van der Waals surface area contributed by atoms with E-state index in [1.54, 1.807) is 0 Å². The summed E-state index contributed by atoms with van der Waals surface area (Å²) in [5.74, 6) is -0.621. The van der Waals surface area contributed by atoms with Gasteiger partial charge >= 0.3 is 60.4 Å². The van der Waals surface area contributed by atoms with Crippen molar-refractivity contribution in [3.8, 4) is 0 Å². The molecule has 5 unspecified atom stereocenters. The Morgan fingerprint density at radius 3 is 0.862 bits per heavy atom. The maximum Gasteiger partial charge on any atom is 0.472 e. The van der Waals surface area contributed by atoms with E-state index in [9.17, 15) is 85.9 Å². The second-order valence-electron chi connectivity index (χ2n) is 29.2. The minimum Gasteiger partial charge on any atom is -0.386 e. The average molecular weight is 1970 g/mol. The Hall–Kier alpha value is -9.08. The lowest BCUT2D eigenvalue weighted by Gasteiger charge is -2.26. The van der Waals surface area contributed by atoms with E-state index in [-0.39, 0.29) is 104 Å². The van der Waals surface area contributed by atoms with Gasteiger partial charge in [0.25, 0.3) is 0 Å². The zero-order valence-corrected chi connectivity index (χ0v) is 72.0. The van der Waals surface area contributed by atoms with Gasteiger partial charge in [-0.2, -0.15) is 4.98 Å². The number of hydrogen-bond acceptors (Lipinski definition) is 49. The number of hydrogen-bond donors (Lipinski definition) is 16. The summed E-state index contributed by atoms with van der Waals surface area (Å²) in [7, 11) is -38.5. The third-order valence-electron chi connectivity index (χ3n) is 20.8. The van der Waals surface area contributed by atoms with E-state index in [4.69, 9.17) is 117 Å². The predicted molar refractivity (Wildman–Crippen MR) is 422 cm³/mol. The molecule has 0 bridgehead atoms. The zero-order chi connectivity index (χ0) is 92.1. The fourth-order valence-corrected chi connectivity index (χ4v) is 20.8. The molecule has 24 atom stereocenters. The summed E-state index contributed by atoms with van der Waals surface area (Å²) in [5.41, 5.74) is 35.6. The number of nitrogens with zero attached hydrogens (tertiary/aromatic N) is 22. The lowest BCUT2D eigenvalue weighted by atomic mass is 10.1. The van der Waals surface area contributed by atoms with E-state index >= 15 is 0 Å². The van der Waals surface area contributed by atoms with Gasteiger partial charge in [0.15, 0.2) is 63.6 Å². The minimum absolute atomic E-state index is 0.0191. The van der Waals surface area contributed by atoms with Gasteiger partial charge in [-0.1, -0.05) is 0 Å². The van der Waals surface area contributed by atoms with E-state index < -0.39 is 236 Å². The minimum atomic E-state index is -5.70. The van der Waals surface area contributed by atoms with Crippen LogP contribution in [0.1, 0.15) is 69.5 Å². The van der Waals surface area contributed by atoms with Crippen molar-refractivity contribution in [2.45, 2.75) is 149 Å². The standard InChI is InChI=1S/C59H75N28O36P7/c60-35-1-2-82(59(89)81-35)58-46(88)47(123-130(104,105)110-9-30-24(118-125(93,94)95)3-36(113-30)83-19-76-41-48(61)66-14-71-53(41)83)34(117-58)13-111-129(102,103)122-28-7-40(87-23-80-45-52(65)70-18-75-57(45)87)116-33(28)12-109-128(100,101)121-27-6-39(86-22-79-44-51(64)69-17-74-56(44)86)115-32(27)11-108-127(98,99)120-26-5-38(85-21-78-43-50(63)68-16-73-55(43)85)114-31(26)10-107-126(96,97)119-25-4-37(112-29(25)8-106-124(90,91)92)84-20-77-42-49(62)67-15-72-54(42)84/h1-2,14-34,36-40,46-47,58,88H,3-13H2,(H,96,97)(H,98,99)(H,100,101)(H,102,103)(H,104,105)(H2,60,81,89)(H2,61,66,71)(H2,62,67,72)(H2,63,68,73)(H2,64,69,74)(H2,65,70,75)(H2,90,91,92)(H2,93,94,95)/t24-,25-,26-,27-,28-,29+,30+,31+,32+,33+,34+,36+,37+,38+,39+,40+,46+,47+,58+/m0/s1. The number of imidazole rings is 5. The number of rotatable bonds is 36. The van der Waals surface area contributed by atoms with Crippen LogP contribution in [0.5, 0.6) is 0 Å². The van der Waals surface area contributed by atoms with Gasteiger partial charge in [0, 0.05) is 38.3 Å². The number of aliphatic hydroxyl groups is 1. The highest BCUT2D eigenvalue weighted by molar-refractivity contribution is 7.48. The summed E-state index contributed by atoms with van der Waals surface area (Å²) in [5, 5.41) is 11.8. The molecule has 702 valence electrons. The van der Waals surface area contributed by atoms with Crippen LogP contribution < -0.4 is 40.1 Å².